The van der Waals surface area contributed by atoms with Gasteiger partial charge in [-0.2, -0.15) is 0 Å². The van der Waals surface area contributed by atoms with E-state index in [1.165, 1.54) is 41.6 Å². The Hall–Kier alpha value is -0.560. The Bertz CT molecular complexity index is 191. The van der Waals surface area contributed by atoms with E-state index in [9.17, 15) is 0 Å². The van der Waals surface area contributed by atoms with Gasteiger partial charge in [0.05, 0.1) is 13.1 Å². The summed E-state index contributed by atoms with van der Waals surface area (Å²) in [6.07, 6.45) is 2.75. The van der Waals surface area contributed by atoms with Crippen molar-refractivity contribution >= 4 is 0 Å². The summed E-state index contributed by atoms with van der Waals surface area (Å²) in [5, 5.41) is 0. The van der Waals surface area contributed by atoms with Gasteiger partial charge in [-0.1, -0.05) is 13.2 Å². The molecule has 1 aliphatic heterocycles. The molecule has 0 aromatic heterocycles. The topological polar surface area (TPSA) is 0 Å². The van der Waals surface area contributed by atoms with Crippen LogP contribution < -0.4 is 0 Å². The minimum Gasteiger partial charge on any atom is -0.317 e. The smallest absolute Gasteiger partial charge is 0.100 e. The molecule has 1 saturated heterocycles. The van der Waals surface area contributed by atoms with Gasteiger partial charge in [-0.15, -0.1) is 0 Å². The van der Waals surface area contributed by atoms with Gasteiger partial charge in [-0.3, -0.25) is 0 Å². The van der Waals surface area contributed by atoms with E-state index < -0.39 is 0 Å². The first kappa shape index (κ1) is 10.5. The van der Waals surface area contributed by atoms with Crippen LogP contribution in [0.5, 0.6) is 0 Å². The summed E-state index contributed by atoms with van der Waals surface area (Å²) in [7, 11) is 0. The van der Waals surface area contributed by atoms with Gasteiger partial charge in [0.1, 0.15) is 13.1 Å². The maximum Gasteiger partial charge on any atom is 0.100 e. The third kappa shape index (κ3) is 3.00. The number of likely N-dealkylation sites (tertiary alicyclic amines) is 1. The van der Waals surface area contributed by atoms with E-state index in [4.69, 9.17) is 0 Å². The van der Waals surface area contributed by atoms with Crippen molar-refractivity contribution < 1.29 is 4.48 Å². The lowest BCUT2D eigenvalue weighted by atomic mass is 10.2. The molecule has 1 nitrogen and oxygen atoms in total. The van der Waals surface area contributed by atoms with Crippen LogP contribution in [0, 0.1) is 0 Å². The van der Waals surface area contributed by atoms with Crippen LogP contribution in [0.3, 0.4) is 0 Å². The first-order chi connectivity index (χ1) is 6.04. The normalized spacial score (nSPS) is 20.2. The summed E-state index contributed by atoms with van der Waals surface area (Å²) in [5.41, 5.74) is 2.62. The fourth-order valence-electron chi connectivity index (χ4n) is 2.52. The third-order valence-electron chi connectivity index (χ3n) is 2.73. The molecule has 1 heterocycles. The van der Waals surface area contributed by atoms with Crippen LogP contribution in [0.25, 0.3) is 0 Å². The number of hydrogen-bond donors (Lipinski definition) is 0. The summed E-state index contributed by atoms with van der Waals surface area (Å²) in [5.74, 6) is 0. The first-order valence-corrected chi connectivity index (χ1v) is 5.18. The fourth-order valence-corrected chi connectivity index (χ4v) is 2.52. The average molecular weight is 180 g/mol. The fraction of sp³-hybridized carbons (Fsp3) is 0.667. The standard InChI is InChI=1S/C12H22N/c1-11(2)9-13(10-12(3)4)7-5-6-8-13/h1,3,5-10H2,2,4H3/q+1. The van der Waals surface area contributed by atoms with E-state index in [0.29, 0.717) is 0 Å². The zero-order valence-corrected chi connectivity index (χ0v) is 9.10. The van der Waals surface area contributed by atoms with Crippen LogP contribution in [0.2, 0.25) is 0 Å². The molecule has 74 valence electrons. The Kier molecular flexibility index (Phi) is 3.32. The van der Waals surface area contributed by atoms with Crippen LogP contribution in [-0.2, 0) is 0 Å². The third-order valence-corrected chi connectivity index (χ3v) is 2.73. The van der Waals surface area contributed by atoms with Crippen LogP contribution in [0.4, 0.5) is 0 Å². The van der Waals surface area contributed by atoms with E-state index in [-0.39, 0.29) is 0 Å². The molecule has 0 radical (unpaired) electrons. The van der Waals surface area contributed by atoms with E-state index in [0.717, 1.165) is 13.1 Å². The SMILES string of the molecule is C=C(C)C[N+]1(CC(=C)C)CCCC1. The van der Waals surface area contributed by atoms with Gasteiger partial charge in [0.2, 0.25) is 0 Å². The maximum absolute atomic E-state index is 4.03. The number of hydrogen-bond acceptors (Lipinski definition) is 0. The average Bonchev–Trinajstić information content (AvgIpc) is 2.33. The molecule has 0 bridgehead atoms. The highest BCUT2D eigenvalue weighted by Gasteiger charge is 2.31. The van der Waals surface area contributed by atoms with Crippen molar-refractivity contribution in [2.24, 2.45) is 0 Å². The summed E-state index contributed by atoms with van der Waals surface area (Å²) in [6, 6.07) is 0. The Morgan fingerprint density at radius 2 is 1.38 bits per heavy atom. The zero-order chi connectivity index (χ0) is 9.90. The molecule has 1 aliphatic rings. The van der Waals surface area contributed by atoms with Gasteiger partial charge < -0.3 is 4.48 Å². The van der Waals surface area contributed by atoms with Gasteiger partial charge >= 0.3 is 0 Å². The lowest BCUT2D eigenvalue weighted by Gasteiger charge is -2.34. The predicted molar refractivity (Wildman–Crippen MR) is 58.6 cm³/mol. The van der Waals surface area contributed by atoms with Crippen LogP contribution >= 0.6 is 0 Å². The molecule has 0 atom stereocenters. The molecule has 0 spiro atoms. The molecule has 13 heavy (non-hydrogen) atoms. The van der Waals surface area contributed by atoms with Crippen LogP contribution in [-0.4, -0.2) is 30.7 Å². The Labute approximate surface area is 82.3 Å². The highest BCUT2D eigenvalue weighted by Crippen LogP contribution is 2.22. The van der Waals surface area contributed by atoms with Crippen molar-refractivity contribution in [1.29, 1.82) is 0 Å². The first-order valence-electron chi connectivity index (χ1n) is 5.18. The predicted octanol–water partition coefficient (Wildman–Crippen LogP) is 2.75. The van der Waals surface area contributed by atoms with Crippen molar-refractivity contribution in [1.82, 2.24) is 0 Å². The molecule has 0 unspecified atom stereocenters. The molecular weight excluding hydrogens is 158 g/mol. The lowest BCUT2D eigenvalue weighted by Crippen LogP contribution is -2.47. The molecule has 0 saturated carbocycles. The Balaban J connectivity index is 2.62. The van der Waals surface area contributed by atoms with Crippen LogP contribution in [0.15, 0.2) is 24.3 Å². The molecular formula is C12H22N+. The number of quaternary nitrogens is 1. The molecule has 0 N–H and O–H groups in total. The monoisotopic (exact) mass is 180 g/mol. The van der Waals surface area contributed by atoms with Gasteiger partial charge in [-0.25, -0.2) is 0 Å². The van der Waals surface area contributed by atoms with Crippen molar-refractivity contribution in [2.45, 2.75) is 26.7 Å². The van der Waals surface area contributed by atoms with Crippen molar-refractivity contribution in [2.75, 3.05) is 26.2 Å². The highest BCUT2D eigenvalue weighted by molar-refractivity contribution is 4.93. The molecule has 1 heteroatoms. The molecule has 1 rings (SSSR count). The summed E-state index contributed by atoms with van der Waals surface area (Å²) in [4.78, 5) is 0. The molecule has 0 amide bonds. The minimum atomic E-state index is 1.15. The van der Waals surface area contributed by atoms with Gasteiger partial charge in [-0.05, 0) is 25.0 Å². The molecule has 0 aliphatic carbocycles. The largest absolute Gasteiger partial charge is 0.317 e. The lowest BCUT2D eigenvalue weighted by molar-refractivity contribution is -0.907. The van der Waals surface area contributed by atoms with E-state index in [1.54, 1.807) is 0 Å². The van der Waals surface area contributed by atoms with Crippen molar-refractivity contribution in [3.63, 3.8) is 0 Å². The van der Waals surface area contributed by atoms with Crippen LogP contribution in [0.1, 0.15) is 26.7 Å². The van der Waals surface area contributed by atoms with Crippen molar-refractivity contribution in [3.8, 4) is 0 Å². The molecule has 0 aromatic carbocycles. The second-order valence-corrected chi connectivity index (χ2v) is 4.73. The number of nitrogens with zero attached hydrogens (tertiary/aromatic N) is 1. The van der Waals surface area contributed by atoms with E-state index >= 15 is 0 Å². The molecule has 0 aromatic rings. The molecule has 1 fully saturated rings. The zero-order valence-electron chi connectivity index (χ0n) is 9.10. The summed E-state index contributed by atoms with van der Waals surface area (Å²) < 4.78 is 1.21. The second kappa shape index (κ2) is 4.10. The van der Waals surface area contributed by atoms with Gasteiger partial charge in [0.25, 0.3) is 0 Å². The van der Waals surface area contributed by atoms with E-state index in [1.807, 2.05) is 0 Å². The van der Waals surface area contributed by atoms with Gasteiger partial charge in [0, 0.05) is 12.8 Å². The maximum atomic E-state index is 4.03. The summed E-state index contributed by atoms with van der Waals surface area (Å²) in [6.45, 7) is 17.3. The highest BCUT2D eigenvalue weighted by atomic mass is 15.4. The minimum absolute atomic E-state index is 1.15. The second-order valence-electron chi connectivity index (χ2n) is 4.73. The summed E-state index contributed by atoms with van der Waals surface area (Å²) >= 11 is 0. The van der Waals surface area contributed by atoms with Crippen molar-refractivity contribution in [3.05, 3.63) is 24.3 Å². The van der Waals surface area contributed by atoms with E-state index in [2.05, 4.69) is 27.0 Å². The number of rotatable bonds is 4. The Morgan fingerprint density at radius 3 is 1.69 bits per heavy atom. The quantitative estimate of drug-likeness (QED) is 0.461. The van der Waals surface area contributed by atoms with Gasteiger partial charge in [0.15, 0.2) is 0 Å². The Morgan fingerprint density at radius 1 is 1.00 bits per heavy atom.